The smallest absolute Gasteiger partial charge is 0.356 e. The van der Waals surface area contributed by atoms with E-state index in [1.807, 2.05) is 0 Å². The number of hydrogen-bond donors (Lipinski definition) is 3. The molecule has 1 unspecified atom stereocenters. The fraction of sp³-hybridized carbons (Fsp3) is 0.429. The van der Waals surface area contributed by atoms with Crippen LogP contribution in [0.1, 0.15) is 27.8 Å². The summed E-state index contributed by atoms with van der Waals surface area (Å²) in [5, 5.41) is 24.1. The summed E-state index contributed by atoms with van der Waals surface area (Å²) in [6.45, 7) is 0.360. The van der Waals surface area contributed by atoms with Crippen LogP contribution >= 0.6 is 0 Å². The van der Waals surface area contributed by atoms with Gasteiger partial charge in [0.2, 0.25) is 0 Å². The number of nitrogens with one attached hydrogen (secondary N) is 1. The molecule has 3 N–H and O–H groups in total. The molecule has 70 valence electrons. The zero-order valence-corrected chi connectivity index (χ0v) is 6.65. The number of aromatic nitrogens is 2. The third-order valence-corrected chi connectivity index (χ3v) is 1.96. The van der Waals surface area contributed by atoms with E-state index in [0.717, 1.165) is 0 Å². The van der Waals surface area contributed by atoms with Crippen molar-refractivity contribution in [2.45, 2.75) is 12.7 Å². The summed E-state index contributed by atoms with van der Waals surface area (Å²) in [6.07, 6.45) is -0.802. The SMILES string of the molecule is O=C(O)c1n[nH]c2c1COCC2O. The number of aromatic amines is 1. The monoisotopic (exact) mass is 184 g/mol. The van der Waals surface area contributed by atoms with E-state index in [-0.39, 0.29) is 18.9 Å². The summed E-state index contributed by atoms with van der Waals surface area (Å²) in [5.41, 5.74) is 0.809. The number of hydrogen-bond acceptors (Lipinski definition) is 4. The molecule has 0 bridgehead atoms. The minimum atomic E-state index is -1.12. The summed E-state index contributed by atoms with van der Waals surface area (Å²) < 4.78 is 4.98. The second kappa shape index (κ2) is 2.82. The Morgan fingerprint density at radius 1 is 1.69 bits per heavy atom. The minimum Gasteiger partial charge on any atom is -0.476 e. The van der Waals surface area contributed by atoms with Gasteiger partial charge in [-0.15, -0.1) is 0 Å². The molecular weight excluding hydrogens is 176 g/mol. The van der Waals surface area contributed by atoms with Gasteiger partial charge in [-0.3, -0.25) is 5.10 Å². The Balaban J connectivity index is 2.47. The highest BCUT2D eigenvalue weighted by atomic mass is 16.5. The lowest BCUT2D eigenvalue weighted by molar-refractivity contribution is 0.00740. The van der Waals surface area contributed by atoms with Crippen molar-refractivity contribution in [1.29, 1.82) is 0 Å². The van der Waals surface area contributed by atoms with Crippen LogP contribution in [0.3, 0.4) is 0 Å². The van der Waals surface area contributed by atoms with Crippen LogP contribution in [-0.4, -0.2) is 33.0 Å². The molecule has 0 radical (unpaired) electrons. The summed E-state index contributed by atoms with van der Waals surface area (Å²) in [4.78, 5) is 10.6. The largest absolute Gasteiger partial charge is 0.476 e. The molecule has 1 atom stereocenters. The highest BCUT2D eigenvalue weighted by molar-refractivity contribution is 5.87. The molecule has 0 fully saturated rings. The highest BCUT2D eigenvalue weighted by Gasteiger charge is 2.26. The van der Waals surface area contributed by atoms with Crippen molar-refractivity contribution < 1.29 is 19.7 Å². The first kappa shape index (κ1) is 8.21. The number of carboxylic acid groups (broad SMARTS) is 1. The van der Waals surface area contributed by atoms with E-state index >= 15 is 0 Å². The maximum atomic E-state index is 10.6. The molecule has 2 heterocycles. The second-order valence-corrected chi connectivity index (χ2v) is 2.80. The Hall–Kier alpha value is -1.40. The van der Waals surface area contributed by atoms with E-state index < -0.39 is 12.1 Å². The molecule has 6 heteroatoms. The molecule has 0 aromatic carbocycles. The minimum absolute atomic E-state index is 0.0752. The number of ether oxygens (including phenoxy) is 1. The molecule has 0 spiro atoms. The van der Waals surface area contributed by atoms with Gasteiger partial charge in [0.05, 0.1) is 18.9 Å². The van der Waals surface area contributed by atoms with Gasteiger partial charge < -0.3 is 14.9 Å². The number of aromatic carboxylic acids is 1. The van der Waals surface area contributed by atoms with Gasteiger partial charge in [-0.2, -0.15) is 5.10 Å². The third-order valence-electron chi connectivity index (χ3n) is 1.96. The fourth-order valence-corrected chi connectivity index (χ4v) is 1.33. The van der Waals surface area contributed by atoms with Crippen LogP contribution in [0.5, 0.6) is 0 Å². The Labute approximate surface area is 73.1 Å². The normalized spacial score (nSPS) is 21.2. The Morgan fingerprint density at radius 2 is 2.46 bits per heavy atom. The first-order valence-electron chi connectivity index (χ1n) is 3.76. The van der Waals surface area contributed by atoms with E-state index in [1.165, 1.54) is 0 Å². The second-order valence-electron chi connectivity index (χ2n) is 2.80. The molecule has 1 aliphatic heterocycles. The van der Waals surface area contributed by atoms with Crippen LogP contribution in [0.2, 0.25) is 0 Å². The first-order valence-corrected chi connectivity index (χ1v) is 3.76. The van der Waals surface area contributed by atoms with Crippen molar-refractivity contribution in [1.82, 2.24) is 10.2 Å². The summed E-state index contributed by atoms with van der Waals surface area (Å²) in [6, 6.07) is 0. The van der Waals surface area contributed by atoms with E-state index in [2.05, 4.69) is 10.2 Å². The average molecular weight is 184 g/mol. The van der Waals surface area contributed by atoms with Crippen LogP contribution in [0.25, 0.3) is 0 Å². The number of carboxylic acids is 1. The molecule has 0 saturated heterocycles. The van der Waals surface area contributed by atoms with E-state index in [9.17, 15) is 9.90 Å². The van der Waals surface area contributed by atoms with Crippen molar-refractivity contribution in [2.75, 3.05) is 6.61 Å². The molecule has 6 nitrogen and oxygen atoms in total. The van der Waals surface area contributed by atoms with Crippen LogP contribution < -0.4 is 0 Å². The van der Waals surface area contributed by atoms with Crippen LogP contribution in [0, 0.1) is 0 Å². The maximum absolute atomic E-state index is 10.6. The average Bonchev–Trinajstić information content (AvgIpc) is 2.48. The van der Waals surface area contributed by atoms with Gasteiger partial charge in [-0.1, -0.05) is 0 Å². The zero-order valence-electron chi connectivity index (χ0n) is 6.65. The van der Waals surface area contributed by atoms with E-state index in [0.29, 0.717) is 11.3 Å². The van der Waals surface area contributed by atoms with Crippen LogP contribution in [0.4, 0.5) is 0 Å². The van der Waals surface area contributed by atoms with Crippen molar-refractivity contribution >= 4 is 5.97 Å². The number of rotatable bonds is 1. The molecule has 1 aliphatic rings. The molecule has 0 amide bonds. The molecule has 0 aliphatic carbocycles. The fourth-order valence-electron chi connectivity index (χ4n) is 1.33. The van der Waals surface area contributed by atoms with Crippen molar-refractivity contribution in [3.8, 4) is 0 Å². The number of nitrogens with zero attached hydrogens (tertiary/aromatic N) is 1. The third kappa shape index (κ3) is 1.20. The van der Waals surface area contributed by atoms with Gasteiger partial charge in [0.25, 0.3) is 0 Å². The number of aliphatic hydroxyl groups excluding tert-OH is 1. The Morgan fingerprint density at radius 3 is 3.15 bits per heavy atom. The molecule has 2 rings (SSSR count). The molecule has 13 heavy (non-hydrogen) atoms. The lowest BCUT2D eigenvalue weighted by Gasteiger charge is -2.17. The lowest BCUT2D eigenvalue weighted by atomic mass is 10.1. The van der Waals surface area contributed by atoms with Crippen molar-refractivity contribution in [3.63, 3.8) is 0 Å². The highest BCUT2D eigenvalue weighted by Crippen LogP contribution is 2.24. The summed E-state index contributed by atoms with van der Waals surface area (Å²) >= 11 is 0. The van der Waals surface area contributed by atoms with Gasteiger partial charge in [0.15, 0.2) is 5.69 Å². The zero-order chi connectivity index (χ0) is 9.42. The topological polar surface area (TPSA) is 95.4 Å². The molecular formula is C7H8N2O4. The summed E-state index contributed by atoms with van der Waals surface area (Å²) in [7, 11) is 0. The predicted octanol–water partition coefficient (Wildman–Crippen LogP) is -0.329. The maximum Gasteiger partial charge on any atom is 0.356 e. The van der Waals surface area contributed by atoms with Gasteiger partial charge in [0.1, 0.15) is 6.10 Å². The van der Waals surface area contributed by atoms with E-state index in [1.54, 1.807) is 0 Å². The number of fused-ring (bicyclic) bond motifs is 1. The van der Waals surface area contributed by atoms with Crippen molar-refractivity contribution in [3.05, 3.63) is 17.0 Å². The summed E-state index contributed by atoms with van der Waals surface area (Å²) in [5.74, 6) is -1.12. The van der Waals surface area contributed by atoms with E-state index in [4.69, 9.17) is 9.84 Å². The van der Waals surface area contributed by atoms with Crippen LogP contribution in [0.15, 0.2) is 0 Å². The Bertz CT molecular complexity index is 346. The number of carbonyl (C=O) groups is 1. The first-order chi connectivity index (χ1) is 6.20. The molecule has 1 aromatic heterocycles. The van der Waals surface area contributed by atoms with Gasteiger partial charge >= 0.3 is 5.97 Å². The molecule has 0 saturated carbocycles. The van der Waals surface area contributed by atoms with Crippen molar-refractivity contribution in [2.24, 2.45) is 0 Å². The quantitative estimate of drug-likeness (QED) is 0.555. The van der Waals surface area contributed by atoms with Gasteiger partial charge in [-0.05, 0) is 0 Å². The standard InChI is InChI=1S/C7H8N2O4/c10-4-2-13-1-3-5(4)8-9-6(3)7(11)12/h4,10H,1-2H2,(H,8,9)(H,11,12). The number of aliphatic hydroxyl groups is 1. The van der Waals surface area contributed by atoms with Crippen LogP contribution in [-0.2, 0) is 11.3 Å². The van der Waals surface area contributed by atoms with Gasteiger partial charge in [-0.25, -0.2) is 4.79 Å². The predicted molar refractivity (Wildman–Crippen MR) is 40.2 cm³/mol. The number of H-pyrrole nitrogens is 1. The lowest BCUT2D eigenvalue weighted by Crippen LogP contribution is -2.17. The Kier molecular flexibility index (Phi) is 1.78. The molecule has 1 aromatic rings. The van der Waals surface area contributed by atoms with Gasteiger partial charge in [0, 0.05) is 5.56 Å².